The average molecular weight is 378 g/mol. The number of hydrogen-bond acceptors (Lipinski definition) is 4. The normalized spacial score (nSPS) is 53.9. The van der Waals surface area contributed by atoms with Crippen LogP contribution < -0.4 is 0 Å². The number of aliphatic carboxylic acids is 4. The molecule has 11 unspecified atom stereocenters. The topological polar surface area (TPSA) is 149 Å². The van der Waals surface area contributed by atoms with Crippen LogP contribution in [0.5, 0.6) is 0 Å². The monoisotopic (exact) mass is 378 g/mol. The SMILES string of the molecule is O=C(O)C1CC2CC3C4CC5(CC(C1C(=O)O)C2C35)C(C(=O)O)C4C(=O)O. The molecule has 5 rings (SSSR count). The molecule has 0 aromatic heterocycles. The maximum atomic E-state index is 12.1. The van der Waals surface area contributed by atoms with Crippen molar-refractivity contribution < 1.29 is 39.6 Å². The Balaban J connectivity index is 1.63. The minimum absolute atomic E-state index is 0.0216. The Labute approximate surface area is 154 Å². The van der Waals surface area contributed by atoms with E-state index < -0.39 is 53.0 Å². The van der Waals surface area contributed by atoms with E-state index in [0.29, 0.717) is 25.7 Å². The van der Waals surface area contributed by atoms with E-state index in [1.807, 2.05) is 0 Å². The molecule has 0 aromatic carbocycles. The predicted molar refractivity (Wildman–Crippen MR) is 86.3 cm³/mol. The molecule has 5 aliphatic carbocycles. The van der Waals surface area contributed by atoms with E-state index in [9.17, 15) is 39.6 Å². The predicted octanol–water partition coefficient (Wildman–Crippen LogP) is 1.10. The molecule has 5 aliphatic rings. The van der Waals surface area contributed by atoms with E-state index in [-0.39, 0.29) is 35.5 Å². The fourth-order valence-corrected chi connectivity index (χ4v) is 8.80. The third-order valence-corrected chi connectivity index (χ3v) is 8.98. The molecule has 0 amide bonds. The van der Waals surface area contributed by atoms with Crippen molar-refractivity contribution in [2.24, 2.45) is 64.6 Å². The molecule has 4 N–H and O–H groups in total. The van der Waals surface area contributed by atoms with Crippen LogP contribution in [0.1, 0.15) is 25.7 Å². The van der Waals surface area contributed by atoms with E-state index in [2.05, 4.69) is 0 Å². The van der Waals surface area contributed by atoms with Crippen LogP contribution in [0.4, 0.5) is 0 Å². The highest BCUT2D eigenvalue weighted by Crippen LogP contribution is 2.80. The molecule has 0 radical (unpaired) electrons. The van der Waals surface area contributed by atoms with Gasteiger partial charge in [-0.25, -0.2) is 0 Å². The first-order valence-electron chi connectivity index (χ1n) is 9.60. The zero-order valence-electron chi connectivity index (χ0n) is 14.5. The van der Waals surface area contributed by atoms with Gasteiger partial charge in [0.05, 0.1) is 23.7 Å². The van der Waals surface area contributed by atoms with Crippen molar-refractivity contribution >= 4 is 23.9 Å². The van der Waals surface area contributed by atoms with Gasteiger partial charge in [-0.3, -0.25) is 19.2 Å². The van der Waals surface area contributed by atoms with Crippen LogP contribution in [0, 0.1) is 64.6 Å². The summed E-state index contributed by atoms with van der Waals surface area (Å²) >= 11 is 0. The molecule has 0 aromatic rings. The van der Waals surface area contributed by atoms with Crippen LogP contribution in [0.3, 0.4) is 0 Å². The van der Waals surface area contributed by atoms with E-state index in [4.69, 9.17) is 0 Å². The molecule has 2 bridgehead atoms. The highest BCUT2D eigenvalue weighted by molar-refractivity contribution is 5.84. The zero-order valence-corrected chi connectivity index (χ0v) is 14.5. The van der Waals surface area contributed by atoms with Crippen LogP contribution in [0.25, 0.3) is 0 Å². The Morgan fingerprint density at radius 2 is 1.33 bits per heavy atom. The summed E-state index contributed by atoms with van der Waals surface area (Å²) in [5, 5.41) is 39.0. The maximum absolute atomic E-state index is 12.1. The smallest absolute Gasteiger partial charge is 0.307 e. The van der Waals surface area contributed by atoms with Crippen molar-refractivity contribution in [3.8, 4) is 0 Å². The molecule has 0 aliphatic heterocycles. The summed E-state index contributed by atoms with van der Waals surface area (Å²) in [6, 6.07) is 0. The highest BCUT2D eigenvalue weighted by atomic mass is 16.4. The molecule has 8 heteroatoms. The van der Waals surface area contributed by atoms with Crippen LogP contribution >= 0.6 is 0 Å². The first-order chi connectivity index (χ1) is 12.7. The minimum atomic E-state index is -1.12. The number of carbonyl (C=O) groups is 4. The summed E-state index contributed by atoms with van der Waals surface area (Å²) < 4.78 is 0. The summed E-state index contributed by atoms with van der Waals surface area (Å²) in [6.07, 6.45) is 1.89. The summed E-state index contributed by atoms with van der Waals surface area (Å²) in [5.41, 5.74) is -0.685. The number of carboxylic acids is 4. The highest BCUT2D eigenvalue weighted by Gasteiger charge is 2.79. The van der Waals surface area contributed by atoms with Crippen LogP contribution in [-0.4, -0.2) is 44.3 Å². The van der Waals surface area contributed by atoms with Crippen LogP contribution in [-0.2, 0) is 19.2 Å². The lowest BCUT2D eigenvalue weighted by atomic mass is 9.62. The zero-order chi connectivity index (χ0) is 19.4. The van der Waals surface area contributed by atoms with Crippen molar-refractivity contribution in [1.82, 2.24) is 0 Å². The van der Waals surface area contributed by atoms with E-state index >= 15 is 0 Å². The minimum Gasteiger partial charge on any atom is -0.481 e. The molecular formula is C19H22O8. The summed E-state index contributed by atoms with van der Waals surface area (Å²) in [4.78, 5) is 47.7. The van der Waals surface area contributed by atoms with E-state index in [1.165, 1.54) is 0 Å². The molecule has 1 spiro atoms. The van der Waals surface area contributed by atoms with Crippen LogP contribution in [0.2, 0.25) is 0 Å². The van der Waals surface area contributed by atoms with Gasteiger partial charge >= 0.3 is 23.9 Å². The van der Waals surface area contributed by atoms with Gasteiger partial charge in [-0.1, -0.05) is 0 Å². The van der Waals surface area contributed by atoms with Gasteiger partial charge in [0.15, 0.2) is 0 Å². The van der Waals surface area contributed by atoms with Gasteiger partial charge < -0.3 is 20.4 Å². The molecule has 8 nitrogen and oxygen atoms in total. The first kappa shape index (κ1) is 17.0. The second-order valence-corrected chi connectivity index (χ2v) is 9.46. The largest absolute Gasteiger partial charge is 0.481 e. The Kier molecular flexibility index (Phi) is 3.17. The van der Waals surface area contributed by atoms with E-state index in [0.717, 1.165) is 0 Å². The number of carboxylic acid groups (broad SMARTS) is 4. The second kappa shape index (κ2) is 5.02. The van der Waals surface area contributed by atoms with Crippen molar-refractivity contribution in [3.63, 3.8) is 0 Å². The van der Waals surface area contributed by atoms with Crippen molar-refractivity contribution in [2.45, 2.75) is 25.7 Å². The molecule has 11 atom stereocenters. The average Bonchev–Trinajstić information content (AvgIpc) is 3.25. The van der Waals surface area contributed by atoms with Crippen LogP contribution in [0.15, 0.2) is 0 Å². The molecule has 146 valence electrons. The summed E-state index contributed by atoms with van der Waals surface area (Å²) in [5.74, 6) is -8.61. The lowest BCUT2D eigenvalue weighted by Crippen LogP contribution is -2.45. The number of hydrogen-bond donors (Lipinski definition) is 4. The van der Waals surface area contributed by atoms with Gasteiger partial charge in [0, 0.05) is 0 Å². The van der Waals surface area contributed by atoms with E-state index in [1.54, 1.807) is 0 Å². The maximum Gasteiger partial charge on any atom is 0.307 e. The standard InChI is InChI=1S/C19H22O8/c20-15(21)7-2-5-1-6-8-3-19(14(18(26)27)12(8)17(24)25)4-9(10(5)13(6)19)11(7)16(22)23/h5-14H,1-4H2,(H,20,21)(H,22,23)(H,24,25)(H,26,27). The van der Waals surface area contributed by atoms with Gasteiger partial charge in [-0.2, -0.15) is 0 Å². The number of fused-ring (bicyclic) bond motifs is 2. The molecule has 5 saturated carbocycles. The number of rotatable bonds is 4. The van der Waals surface area contributed by atoms with Crippen molar-refractivity contribution in [1.29, 1.82) is 0 Å². The Morgan fingerprint density at radius 1 is 0.704 bits per heavy atom. The van der Waals surface area contributed by atoms with Gasteiger partial charge in [-0.15, -0.1) is 0 Å². The molecule has 0 heterocycles. The summed E-state index contributed by atoms with van der Waals surface area (Å²) in [6.45, 7) is 0. The summed E-state index contributed by atoms with van der Waals surface area (Å²) in [7, 11) is 0. The van der Waals surface area contributed by atoms with Crippen molar-refractivity contribution in [3.05, 3.63) is 0 Å². The van der Waals surface area contributed by atoms with Gasteiger partial charge in [0.2, 0.25) is 0 Å². The fraction of sp³-hybridized carbons (Fsp3) is 0.789. The third kappa shape index (κ3) is 1.79. The third-order valence-electron chi connectivity index (χ3n) is 8.98. The lowest BCUT2D eigenvalue weighted by Gasteiger charge is -2.40. The first-order valence-corrected chi connectivity index (χ1v) is 9.60. The molecule has 0 saturated heterocycles. The molecular weight excluding hydrogens is 356 g/mol. The Bertz CT molecular complexity index is 776. The fourth-order valence-electron chi connectivity index (χ4n) is 8.80. The second-order valence-electron chi connectivity index (χ2n) is 9.46. The lowest BCUT2D eigenvalue weighted by molar-refractivity contribution is -0.162. The Morgan fingerprint density at radius 3 is 1.89 bits per heavy atom. The quantitative estimate of drug-likeness (QED) is 0.568. The van der Waals surface area contributed by atoms with Crippen molar-refractivity contribution in [2.75, 3.05) is 0 Å². The molecule has 5 fully saturated rings. The molecule has 27 heavy (non-hydrogen) atoms. The Hall–Kier alpha value is -2.12. The van der Waals surface area contributed by atoms with Gasteiger partial charge in [-0.05, 0) is 66.6 Å². The van der Waals surface area contributed by atoms with Gasteiger partial charge in [0.1, 0.15) is 0 Å². The van der Waals surface area contributed by atoms with Gasteiger partial charge in [0.25, 0.3) is 0 Å².